The molecule has 1 aromatic rings. The summed E-state index contributed by atoms with van der Waals surface area (Å²) in [5, 5.41) is 0.400. The third-order valence-electron chi connectivity index (χ3n) is 3.15. The van der Waals surface area contributed by atoms with Crippen molar-refractivity contribution >= 4 is 11.8 Å². The molecule has 0 aliphatic heterocycles. The molecule has 1 rings (SSSR count). The van der Waals surface area contributed by atoms with Crippen molar-refractivity contribution in [1.29, 1.82) is 0 Å². The van der Waals surface area contributed by atoms with E-state index in [2.05, 4.69) is 37.9 Å². The Kier molecular flexibility index (Phi) is 6.60. The van der Waals surface area contributed by atoms with Gasteiger partial charge in [-0.2, -0.15) is 11.8 Å². The van der Waals surface area contributed by atoms with Crippen LogP contribution in [-0.4, -0.2) is 16.8 Å². The first-order chi connectivity index (χ1) is 8.19. The van der Waals surface area contributed by atoms with Gasteiger partial charge in [-0.15, -0.1) is 0 Å². The highest BCUT2D eigenvalue weighted by Crippen LogP contribution is 2.33. The number of thioether (sulfide) groups is 1. The minimum Gasteiger partial charge on any atom is -0.326 e. The standard InChI is InChI=1S/C14H24N2S/c1-4-11(3)10-17-14(13(15)5-2)12-6-8-16-9-7-12/h6-9,11,13-14H,4-5,10,15H2,1-3H3. The quantitative estimate of drug-likeness (QED) is 0.805. The van der Waals surface area contributed by atoms with Gasteiger partial charge in [0, 0.05) is 23.7 Å². The van der Waals surface area contributed by atoms with Gasteiger partial charge in [0.2, 0.25) is 0 Å². The van der Waals surface area contributed by atoms with Crippen molar-refractivity contribution in [2.24, 2.45) is 11.7 Å². The largest absolute Gasteiger partial charge is 0.326 e. The maximum absolute atomic E-state index is 6.24. The smallest absolute Gasteiger partial charge is 0.0449 e. The zero-order valence-corrected chi connectivity index (χ0v) is 11.9. The van der Waals surface area contributed by atoms with Crippen LogP contribution in [0, 0.1) is 5.92 Å². The summed E-state index contributed by atoms with van der Waals surface area (Å²) in [5.41, 5.74) is 7.54. The number of rotatable bonds is 7. The SMILES string of the molecule is CCC(C)CSC(c1ccncc1)C(N)CC. The van der Waals surface area contributed by atoms with Gasteiger partial charge in [-0.3, -0.25) is 4.98 Å². The molecule has 0 fully saturated rings. The van der Waals surface area contributed by atoms with Crippen molar-refractivity contribution in [3.63, 3.8) is 0 Å². The van der Waals surface area contributed by atoms with Gasteiger partial charge < -0.3 is 5.73 Å². The molecule has 0 aliphatic rings. The fraction of sp³-hybridized carbons (Fsp3) is 0.643. The number of hydrogen-bond acceptors (Lipinski definition) is 3. The topological polar surface area (TPSA) is 38.9 Å². The first-order valence-electron chi connectivity index (χ1n) is 6.46. The Bertz CT molecular complexity index is 302. The van der Waals surface area contributed by atoms with Gasteiger partial charge in [0.15, 0.2) is 0 Å². The molecule has 1 heterocycles. The maximum atomic E-state index is 6.24. The minimum atomic E-state index is 0.228. The Morgan fingerprint density at radius 3 is 2.41 bits per heavy atom. The third-order valence-corrected chi connectivity index (χ3v) is 4.89. The van der Waals surface area contributed by atoms with E-state index in [0.717, 1.165) is 12.3 Å². The van der Waals surface area contributed by atoms with Gasteiger partial charge >= 0.3 is 0 Å². The van der Waals surface area contributed by atoms with Crippen LogP contribution in [0.4, 0.5) is 0 Å². The molecule has 2 nitrogen and oxygen atoms in total. The van der Waals surface area contributed by atoms with Crippen molar-refractivity contribution in [3.8, 4) is 0 Å². The summed E-state index contributed by atoms with van der Waals surface area (Å²) in [7, 11) is 0. The average Bonchev–Trinajstić information content (AvgIpc) is 2.39. The molecule has 1 aromatic heterocycles. The van der Waals surface area contributed by atoms with Gasteiger partial charge in [-0.05, 0) is 35.8 Å². The maximum Gasteiger partial charge on any atom is 0.0449 e. The minimum absolute atomic E-state index is 0.228. The van der Waals surface area contributed by atoms with Crippen LogP contribution < -0.4 is 5.73 Å². The number of pyridine rings is 1. The van der Waals surface area contributed by atoms with E-state index in [-0.39, 0.29) is 6.04 Å². The summed E-state index contributed by atoms with van der Waals surface area (Å²) in [5.74, 6) is 1.94. The first kappa shape index (κ1) is 14.5. The molecule has 3 heteroatoms. The van der Waals surface area contributed by atoms with Crippen LogP contribution in [0.2, 0.25) is 0 Å². The lowest BCUT2D eigenvalue weighted by Gasteiger charge is -2.24. The summed E-state index contributed by atoms with van der Waals surface area (Å²) in [4.78, 5) is 4.07. The highest BCUT2D eigenvalue weighted by molar-refractivity contribution is 7.99. The van der Waals surface area contributed by atoms with Crippen LogP contribution >= 0.6 is 11.8 Å². The van der Waals surface area contributed by atoms with Gasteiger partial charge in [-0.25, -0.2) is 0 Å². The molecule has 0 amide bonds. The van der Waals surface area contributed by atoms with E-state index >= 15 is 0 Å². The molecule has 3 atom stereocenters. The highest BCUT2D eigenvalue weighted by Gasteiger charge is 2.19. The van der Waals surface area contributed by atoms with Crippen molar-refractivity contribution in [2.75, 3.05) is 5.75 Å². The summed E-state index contributed by atoms with van der Waals surface area (Å²) in [6, 6.07) is 4.40. The summed E-state index contributed by atoms with van der Waals surface area (Å²) in [6.45, 7) is 6.70. The van der Waals surface area contributed by atoms with E-state index in [1.807, 2.05) is 24.2 Å². The van der Waals surface area contributed by atoms with E-state index in [9.17, 15) is 0 Å². The Labute approximate surface area is 109 Å². The van der Waals surface area contributed by atoms with Crippen LogP contribution in [0.3, 0.4) is 0 Å². The van der Waals surface area contributed by atoms with E-state index in [4.69, 9.17) is 5.73 Å². The molecular weight excluding hydrogens is 228 g/mol. The molecule has 96 valence electrons. The van der Waals surface area contributed by atoms with Crippen molar-refractivity contribution in [1.82, 2.24) is 4.98 Å². The highest BCUT2D eigenvalue weighted by atomic mass is 32.2. The molecular formula is C14H24N2S. The normalized spacial score (nSPS) is 16.5. The predicted molar refractivity (Wildman–Crippen MR) is 77.2 cm³/mol. The van der Waals surface area contributed by atoms with Crippen LogP contribution in [0.1, 0.15) is 44.4 Å². The van der Waals surface area contributed by atoms with E-state index in [0.29, 0.717) is 5.25 Å². The Morgan fingerprint density at radius 1 is 1.24 bits per heavy atom. The van der Waals surface area contributed by atoms with Gasteiger partial charge in [0.1, 0.15) is 0 Å². The average molecular weight is 252 g/mol. The second kappa shape index (κ2) is 7.72. The van der Waals surface area contributed by atoms with E-state index < -0.39 is 0 Å². The molecule has 0 radical (unpaired) electrons. The summed E-state index contributed by atoms with van der Waals surface area (Å²) in [6.07, 6.45) is 5.96. The van der Waals surface area contributed by atoms with Crippen LogP contribution in [0.15, 0.2) is 24.5 Å². The zero-order valence-electron chi connectivity index (χ0n) is 11.1. The lowest BCUT2D eigenvalue weighted by atomic mass is 10.1. The zero-order chi connectivity index (χ0) is 12.7. The number of nitrogens with two attached hydrogens (primary N) is 1. The molecule has 0 aromatic carbocycles. The number of hydrogen-bond donors (Lipinski definition) is 1. The third kappa shape index (κ3) is 4.68. The Hall–Kier alpha value is -0.540. The fourth-order valence-corrected chi connectivity index (χ4v) is 3.18. The monoisotopic (exact) mass is 252 g/mol. The van der Waals surface area contributed by atoms with Crippen LogP contribution in [-0.2, 0) is 0 Å². The fourth-order valence-electron chi connectivity index (χ4n) is 1.62. The second-order valence-electron chi connectivity index (χ2n) is 4.62. The van der Waals surface area contributed by atoms with E-state index in [1.54, 1.807) is 0 Å². The molecule has 2 N–H and O–H groups in total. The number of aromatic nitrogens is 1. The van der Waals surface area contributed by atoms with Crippen LogP contribution in [0.25, 0.3) is 0 Å². The van der Waals surface area contributed by atoms with Gasteiger partial charge in [0.05, 0.1) is 0 Å². The Balaban J connectivity index is 2.68. The lowest BCUT2D eigenvalue weighted by molar-refractivity contribution is 0.615. The second-order valence-corrected chi connectivity index (χ2v) is 5.79. The summed E-state index contributed by atoms with van der Waals surface area (Å²) < 4.78 is 0. The summed E-state index contributed by atoms with van der Waals surface area (Å²) >= 11 is 1.99. The van der Waals surface area contributed by atoms with Crippen molar-refractivity contribution < 1.29 is 0 Å². The molecule has 0 saturated carbocycles. The molecule has 17 heavy (non-hydrogen) atoms. The number of nitrogens with zero attached hydrogens (tertiary/aromatic N) is 1. The molecule has 3 unspecified atom stereocenters. The lowest BCUT2D eigenvalue weighted by Crippen LogP contribution is -2.26. The predicted octanol–water partition coefficient (Wildman–Crippen LogP) is 3.64. The molecule has 0 saturated heterocycles. The van der Waals surface area contributed by atoms with E-state index in [1.165, 1.54) is 17.7 Å². The Morgan fingerprint density at radius 2 is 1.88 bits per heavy atom. The molecule has 0 spiro atoms. The van der Waals surface area contributed by atoms with Crippen molar-refractivity contribution in [3.05, 3.63) is 30.1 Å². The molecule has 0 bridgehead atoms. The van der Waals surface area contributed by atoms with Crippen LogP contribution in [0.5, 0.6) is 0 Å². The van der Waals surface area contributed by atoms with Gasteiger partial charge in [-0.1, -0.05) is 27.2 Å². The van der Waals surface area contributed by atoms with Crippen molar-refractivity contribution in [2.45, 2.75) is 44.9 Å². The molecule has 0 aliphatic carbocycles. The van der Waals surface area contributed by atoms with Gasteiger partial charge in [0.25, 0.3) is 0 Å². The first-order valence-corrected chi connectivity index (χ1v) is 7.51.